The lowest BCUT2D eigenvalue weighted by molar-refractivity contribution is -0.137. The van der Waals surface area contributed by atoms with E-state index in [1.54, 1.807) is 49.3 Å². The molecule has 1 unspecified atom stereocenters. The largest absolute Gasteiger partial charge is 0.344 e. The van der Waals surface area contributed by atoms with Gasteiger partial charge in [-0.25, -0.2) is 14.2 Å². The topological polar surface area (TPSA) is 203 Å². The quantitative estimate of drug-likeness (QED) is 0.118. The van der Waals surface area contributed by atoms with Crippen LogP contribution in [0.5, 0.6) is 0 Å². The van der Waals surface area contributed by atoms with E-state index in [-0.39, 0.29) is 73.1 Å². The van der Waals surface area contributed by atoms with Gasteiger partial charge >= 0.3 is 6.03 Å². The number of carbonyl (C=O) groups excluding carboxylic acids is 7. The van der Waals surface area contributed by atoms with E-state index in [0.717, 1.165) is 21.6 Å². The minimum Gasteiger partial charge on any atom is -0.344 e. The summed E-state index contributed by atoms with van der Waals surface area (Å²) in [5.41, 5.74) is 4.44. The Hall–Kier alpha value is -6.78. The number of nitrogens with one attached hydrogen (secondary N) is 4. The number of imide groups is 1. The first-order valence-electron chi connectivity index (χ1n) is 20.4. The number of urea groups is 1. The van der Waals surface area contributed by atoms with Gasteiger partial charge in [-0.15, -0.1) is 0 Å². The van der Waals surface area contributed by atoms with E-state index >= 15 is 4.39 Å². The van der Waals surface area contributed by atoms with E-state index < -0.39 is 29.7 Å². The summed E-state index contributed by atoms with van der Waals surface area (Å²) in [6, 6.07) is 11.0. The summed E-state index contributed by atoms with van der Waals surface area (Å²) in [5, 5.41) is 16.7. The molecule has 4 N–H and O–H groups in total. The van der Waals surface area contributed by atoms with Crippen molar-refractivity contribution in [2.24, 2.45) is 16.9 Å². The number of rotatable bonds is 16. The molecule has 0 aliphatic carbocycles. The highest BCUT2D eigenvalue weighted by Gasteiger charge is 2.30. The van der Waals surface area contributed by atoms with Crippen LogP contribution in [0.3, 0.4) is 0 Å². The second-order valence-corrected chi connectivity index (χ2v) is 15.8. The van der Waals surface area contributed by atoms with Gasteiger partial charge in [0.1, 0.15) is 17.9 Å². The van der Waals surface area contributed by atoms with E-state index in [1.807, 2.05) is 25.1 Å². The maximum absolute atomic E-state index is 15.4. The molecule has 0 fully saturated rings. The summed E-state index contributed by atoms with van der Waals surface area (Å²) in [6.07, 6.45) is 7.87. The van der Waals surface area contributed by atoms with Crippen LogP contribution in [0.1, 0.15) is 82.1 Å². The molecule has 1 aromatic heterocycles. The Bertz CT molecular complexity index is 2220. The lowest BCUT2D eigenvalue weighted by Crippen LogP contribution is -2.53. The smallest absolute Gasteiger partial charge is 0.322 e. The van der Waals surface area contributed by atoms with Gasteiger partial charge in [0.2, 0.25) is 23.6 Å². The predicted molar refractivity (Wildman–Crippen MR) is 224 cm³/mol. The molecular weight excluding hydrogens is 786 g/mol. The Morgan fingerprint density at radius 2 is 1.57 bits per heavy atom. The Kier molecular flexibility index (Phi) is 14.0. The highest BCUT2D eigenvalue weighted by Crippen LogP contribution is 2.26. The van der Waals surface area contributed by atoms with Crippen molar-refractivity contribution in [2.45, 2.75) is 91.5 Å². The molecule has 0 radical (unpaired) electrons. The molecule has 3 aliphatic rings. The van der Waals surface area contributed by atoms with Gasteiger partial charge in [0, 0.05) is 68.6 Å². The standard InChI is InChI=1S/C44H50FN9O7/c1-26(2)40(50-36(55)8-6-5-7-19-53-37(56)15-16-38(53)57)43(60)47-28(4)42(59)49-35-14-9-29(21-34(35)45)23-54-39(58)20-27(3)41(51-54)30-10-12-33(13-11-30)48-44(61)52-24-31-17-18-46-22-32(31)25-52/h9-18,21-22,26-28,40H,5-8,19-20,23-25H2,1-4H3,(H,47,60)(H,48,61)(H,49,59)(H,50,55)/t27?,28-,40-/m0/s1. The van der Waals surface area contributed by atoms with Crippen molar-refractivity contribution in [3.8, 4) is 0 Å². The van der Waals surface area contributed by atoms with Crippen molar-refractivity contribution < 1.29 is 38.0 Å². The van der Waals surface area contributed by atoms with Gasteiger partial charge in [0.05, 0.1) is 17.9 Å². The van der Waals surface area contributed by atoms with E-state index in [4.69, 9.17) is 0 Å². The highest BCUT2D eigenvalue weighted by atomic mass is 19.1. The van der Waals surface area contributed by atoms with Crippen LogP contribution in [-0.2, 0) is 48.4 Å². The first kappa shape index (κ1) is 43.8. The first-order valence-corrected chi connectivity index (χ1v) is 20.4. The Balaban J connectivity index is 0.974. The molecule has 3 aliphatic heterocycles. The minimum absolute atomic E-state index is 0.0187. The fourth-order valence-corrected chi connectivity index (χ4v) is 7.21. The van der Waals surface area contributed by atoms with Crippen LogP contribution in [-0.4, -0.2) is 85.6 Å². The maximum atomic E-state index is 15.4. The highest BCUT2D eigenvalue weighted by molar-refractivity contribution is 6.12. The van der Waals surface area contributed by atoms with E-state index in [9.17, 15) is 33.6 Å². The van der Waals surface area contributed by atoms with Crippen molar-refractivity contribution in [1.29, 1.82) is 0 Å². The summed E-state index contributed by atoms with van der Waals surface area (Å²) in [7, 11) is 0. The molecule has 0 bridgehead atoms. The van der Waals surface area contributed by atoms with Gasteiger partial charge in [-0.05, 0) is 78.3 Å². The molecule has 3 atom stereocenters. The van der Waals surface area contributed by atoms with Gasteiger partial charge in [-0.2, -0.15) is 5.10 Å². The lowest BCUT2D eigenvalue weighted by atomic mass is 9.93. The average molecular weight is 836 g/mol. The summed E-state index contributed by atoms with van der Waals surface area (Å²) in [4.78, 5) is 95.2. The van der Waals surface area contributed by atoms with Gasteiger partial charge in [-0.1, -0.05) is 45.4 Å². The van der Waals surface area contributed by atoms with E-state index in [2.05, 4.69) is 31.4 Å². The zero-order valence-corrected chi connectivity index (χ0v) is 34.6. The first-order chi connectivity index (χ1) is 29.2. The molecule has 61 heavy (non-hydrogen) atoms. The van der Waals surface area contributed by atoms with Crippen LogP contribution in [0, 0.1) is 17.7 Å². The average Bonchev–Trinajstić information content (AvgIpc) is 3.81. The zero-order chi connectivity index (χ0) is 43.8. The number of fused-ring (bicyclic) bond motifs is 1. The number of nitrogens with zero attached hydrogens (tertiary/aromatic N) is 5. The SMILES string of the molecule is CC1CC(=O)N(Cc2ccc(NC(=O)[C@H](C)NC(=O)[C@@H](NC(=O)CCCCCN3C(=O)C=CC3=O)C(C)C)c(F)c2)N=C1c1ccc(NC(=O)N2Cc3ccncc3C2)cc1. The fourth-order valence-electron chi connectivity index (χ4n) is 7.21. The summed E-state index contributed by atoms with van der Waals surface area (Å²) >= 11 is 0. The summed E-state index contributed by atoms with van der Waals surface area (Å²) in [5.74, 6) is -3.80. The fraction of sp³-hybridized carbons (Fsp3) is 0.386. The van der Waals surface area contributed by atoms with E-state index in [0.29, 0.717) is 49.3 Å². The normalized spacial score (nSPS) is 17.0. The molecule has 320 valence electrons. The van der Waals surface area contributed by atoms with Crippen LogP contribution in [0.4, 0.5) is 20.6 Å². The number of halogens is 1. The molecule has 3 aromatic rings. The third-order valence-electron chi connectivity index (χ3n) is 10.7. The Morgan fingerprint density at radius 1 is 0.852 bits per heavy atom. The van der Waals surface area contributed by atoms with Gasteiger partial charge in [-0.3, -0.25) is 38.7 Å². The van der Waals surface area contributed by atoms with Crippen LogP contribution < -0.4 is 21.3 Å². The van der Waals surface area contributed by atoms with Gasteiger partial charge in [0.25, 0.3) is 11.8 Å². The maximum Gasteiger partial charge on any atom is 0.322 e. The third-order valence-corrected chi connectivity index (χ3v) is 10.7. The predicted octanol–water partition coefficient (Wildman–Crippen LogP) is 4.61. The number of amides is 8. The number of anilines is 2. The molecule has 4 heterocycles. The molecule has 8 amide bonds. The lowest BCUT2D eigenvalue weighted by Gasteiger charge is -2.28. The zero-order valence-electron chi connectivity index (χ0n) is 34.6. The Morgan fingerprint density at radius 3 is 2.26 bits per heavy atom. The van der Waals surface area contributed by atoms with Crippen molar-refractivity contribution in [1.82, 2.24) is 30.4 Å². The number of hydrazone groups is 1. The molecule has 16 nitrogen and oxygen atoms in total. The van der Waals surface area contributed by atoms with Crippen LogP contribution in [0.25, 0.3) is 0 Å². The minimum atomic E-state index is -1.08. The van der Waals surface area contributed by atoms with Crippen molar-refractivity contribution in [3.63, 3.8) is 0 Å². The van der Waals surface area contributed by atoms with Crippen LogP contribution >= 0.6 is 0 Å². The molecule has 2 aromatic carbocycles. The summed E-state index contributed by atoms with van der Waals surface area (Å²) in [6.45, 7) is 8.08. The van der Waals surface area contributed by atoms with Gasteiger partial charge in [0.15, 0.2) is 0 Å². The molecule has 0 saturated carbocycles. The number of benzene rings is 2. The monoisotopic (exact) mass is 835 g/mol. The van der Waals surface area contributed by atoms with Crippen molar-refractivity contribution in [2.75, 3.05) is 17.2 Å². The molecular formula is C44H50FN9O7. The Labute approximate surface area is 353 Å². The van der Waals surface area contributed by atoms with Crippen LogP contribution in [0.15, 0.2) is 78.2 Å². The number of unbranched alkanes of at least 4 members (excludes halogenated alkanes) is 2. The number of hydrogen-bond acceptors (Lipinski definition) is 9. The van der Waals surface area contributed by atoms with Crippen molar-refractivity contribution >= 4 is 58.6 Å². The number of aromatic nitrogens is 1. The molecule has 0 spiro atoms. The second-order valence-electron chi connectivity index (χ2n) is 15.8. The van der Waals surface area contributed by atoms with Crippen molar-refractivity contribution in [3.05, 3.63) is 101 Å². The number of carbonyl (C=O) groups is 7. The van der Waals surface area contributed by atoms with Crippen LogP contribution in [0.2, 0.25) is 0 Å². The molecule has 6 rings (SSSR count). The third kappa shape index (κ3) is 11.1. The van der Waals surface area contributed by atoms with Gasteiger partial charge < -0.3 is 26.2 Å². The molecule has 17 heteroatoms. The van der Waals surface area contributed by atoms with E-state index in [1.165, 1.54) is 36.2 Å². The number of hydrogen-bond donors (Lipinski definition) is 4. The number of pyridine rings is 1. The second kappa shape index (κ2) is 19.5. The summed E-state index contributed by atoms with van der Waals surface area (Å²) < 4.78 is 15.4. The molecule has 0 saturated heterocycles.